The van der Waals surface area contributed by atoms with Gasteiger partial charge in [-0.25, -0.2) is 9.97 Å². The molecule has 0 bridgehead atoms. The lowest BCUT2D eigenvalue weighted by atomic mass is 10.1. The summed E-state index contributed by atoms with van der Waals surface area (Å²) in [6, 6.07) is 10.5. The second-order valence-corrected chi connectivity index (χ2v) is 7.20. The van der Waals surface area contributed by atoms with Crippen LogP contribution in [0.5, 0.6) is 0 Å². The summed E-state index contributed by atoms with van der Waals surface area (Å²) in [6.07, 6.45) is 4.27. The van der Waals surface area contributed by atoms with E-state index in [-0.39, 0.29) is 6.10 Å². The van der Waals surface area contributed by atoms with Crippen molar-refractivity contribution in [3.8, 4) is 0 Å². The molecule has 3 heterocycles. The van der Waals surface area contributed by atoms with Crippen molar-refractivity contribution >= 4 is 27.6 Å². The van der Waals surface area contributed by atoms with Gasteiger partial charge in [0, 0.05) is 36.7 Å². The van der Waals surface area contributed by atoms with Crippen LogP contribution in [0.2, 0.25) is 0 Å². The number of morpholine rings is 1. The summed E-state index contributed by atoms with van der Waals surface area (Å²) in [5, 5.41) is 0. The molecule has 0 radical (unpaired) electrons. The summed E-state index contributed by atoms with van der Waals surface area (Å²) < 4.78 is 7.06. The Hall–Kier alpha value is -1.66. The molecule has 2 fully saturated rings. The molecule has 1 aromatic heterocycles. The van der Waals surface area contributed by atoms with Gasteiger partial charge in [-0.1, -0.05) is 28.1 Å². The lowest BCUT2D eigenvalue weighted by Gasteiger charge is -2.34. The normalized spacial score (nSPS) is 21.3. The zero-order chi connectivity index (χ0) is 16.4. The Kier molecular flexibility index (Phi) is 4.67. The lowest BCUT2D eigenvalue weighted by Crippen LogP contribution is -2.39. The molecule has 1 atom stereocenters. The predicted octanol–water partition coefficient (Wildman–Crippen LogP) is 3.42. The summed E-state index contributed by atoms with van der Waals surface area (Å²) in [7, 11) is 0. The highest BCUT2D eigenvalue weighted by Gasteiger charge is 2.24. The van der Waals surface area contributed by atoms with Crippen LogP contribution in [0.25, 0.3) is 0 Å². The molecule has 4 rings (SSSR count). The van der Waals surface area contributed by atoms with E-state index in [1.165, 1.54) is 18.4 Å². The summed E-state index contributed by atoms with van der Waals surface area (Å²) in [5.41, 5.74) is 1.21. The van der Waals surface area contributed by atoms with Crippen molar-refractivity contribution in [2.45, 2.75) is 18.9 Å². The van der Waals surface area contributed by atoms with E-state index in [9.17, 15) is 0 Å². The SMILES string of the molecule is Brc1ccc(C2CN(c3cc(N4CCCC4)ncn3)CCO2)cc1. The molecule has 24 heavy (non-hydrogen) atoms. The van der Waals surface area contributed by atoms with Crippen molar-refractivity contribution in [1.82, 2.24) is 9.97 Å². The lowest BCUT2D eigenvalue weighted by molar-refractivity contribution is 0.0395. The van der Waals surface area contributed by atoms with Crippen LogP contribution in [0.1, 0.15) is 24.5 Å². The van der Waals surface area contributed by atoms with E-state index >= 15 is 0 Å². The zero-order valence-corrected chi connectivity index (χ0v) is 15.2. The topological polar surface area (TPSA) is 41.5 Å². The highest BCUT2D eigenvalue weighted by atomic mass is 79.9. The van der Waals surface area contributed by atoms with Gasteiger partial charge in [0.05, 0.1) is 6.61 Å². The Bertz CT molecular complexity index is 688. The van der Waals surface area contributed by atoms with E-state index < -0.39 is 0 Å². The number of hydrogen-bond acceptors (Lipinski definition) is 5. The van der Waals surface area contributed by atoms with Gasteiger partial charge in [-0.3, -0.25) is 0 Å². The zero-order valence-electron chi connectivity index (χ0n) is 13.6. The second kappa shape index (κ2) is 7.07. The third-order valence-electron chi connectivity index (χ3n) is 4.70. The number of rotatable bonds is 3. The van der Waals surface area contributed by atoms with E-state index in [1.54, 1.807) is 6.33 Å². The molecule has 0 spiro atoms. The average Bonchev–Trinajstić information content (AvgIpc) is 3.17. The Morgan fingerprint density at radius 3 is 2.42 bits per heavy atom. The first-order valence-corrected chi connectivity index (χ1v) is 9.28. The van der Waals surface area contributed by atoms with Crippen molar-refractivity contribution in [1.29, 1.82) is 0 Å². The van der Waals surface area contributed by atoms with Crippen molar-refractivity contribution in [2.75, 3.05) is 42.6 Å². The van der Waals surface area contributed by atoms with E-state index in [0.717, 1.165) is 42.3 Å². The summed E-state index contributed by atoms with van der Waals surface area (Å²) in [4.78, 5) is 13.6. The van der Waals surface area contributed by atoms with E-state index in [2.05, 4.69) is 66.0 Å². The number of ether oxygens (including phenoxy) is 1. The average molecular weight is 389 g/mol. The Labute approximate surface area is 150 Å². The maximum absolute atomic E-state index is 5.97. The first-order valence-electron chi connectivity index (χ1n) is 8.48. The second-order valence-electron chi connectivity index (χ2n) is 6.29. The maximum Gasteiger partial charge on any atom is 0.134 e. The highest BCUT2D eigenvalue weighted by molar-refractivity contribution is 9.10. The van der Waals surface area contributed by atoms with Crippen molar-refractivity contribution in [2.24, 2.45) is 0 Å². The Morgan fingerprint density at radius 1 is 0.958 bits per heavy atom. The van der Waals surface area contributed by atoms with E-state index in [4.69, 9.17) is 4.74 Å². The van der Waals surface area contributed by atoms with Crippen molar-refractivity contribution in [3.63, 3.8) is 0 Å². The molecule has 2 aromatic rings. The molecule has 5 nitrogen and oxygen atoms in total. The molecule has 0 N–H and O–H groups in total. The molecule has 6 heteroatoms. The highest BCUT2D eigenvalue weighted by Crippen LogP contribution is 2.28. The van der Waals surface area contributed by atoms with Gasteiger partial charge in [-0.05, 0) is 30.5 Å². The fraction of sp³-hybridized carbons (Fsp3) is 0.444. The van der Waals surface area contributed by atoms with Gasteiger partial charge in [0.15, 0.2) is 0 Å². The van der Waals surface area contributed by atoms with Crippen molar-refractivity contribution in [3.05, 3.63) is 46.7 Å². The van der Waals surface area contributed by atoms with Crippen LogP contribution < -0.4 is 9.80 Å². The largest absolute Gasteiger partial charge is 0.370 e. The number of nitrogens with zero attached hydrogens (tertiary/aromatic N) is 4. The number of benzene rings is 1. The first-order chi connectivity index (χ1) is 11.8. The predicted molar refractivity (Wildman–Crippen MR) is 98.5 cm³/mol. The van der Waals surface area contributed by atoms with Gasteiger partial charge in [0.25, 0.3) is 0 Å². The minimum absolute atomic E-state index is 0.0806. The van der Waals surface area contributed by atoms with E-state index in [0.29, 0.717) is 6.61 Å². The van der Waals surface area contributed by atoms with Crippen LogP contribution in [0.3, 0.4) is 0 Å². The van der Waals surface area contributed by atoms with Crippen LogP contribution in [0, 0.1) is 0 Å². The molecule has 126 valence electrons. The molecule has 2 aliphatic heterocycles. The summed E-state index contributed by atoms with van der Waals surface area (Å²) >= 11 is 3.49. The number of halogens is 1. The number of anilines is 2. The molecule has 2 aliphatic rings. The maximum atomic E-state index is 5.97. The third kappa shape index (κ3) is 3.39. The van der Waals surface area contributed by atoms with Gasteiger partial charge in [-0.15, -0.1) is 0 Å². The van der Waals surface area contributed by atoms with Gasteiger partial charge in [-0.2, -0.15) is 0 Å². The van der Waals surface area contributed by atoms with E-state index in [1.807, 2.05) is 0 Å². The molecule has 0 amide bonds. The minimum Gasteiger partial charge on any atom is -0.370 e. The van der Waals surface area contributed by atoms with Gasteiger partial charge < -0.3 is 14.5 Å². The molecule has 1 aromatic carbocycles. The third-order valence-corrected chi connectivity index (χ3v) is 5.23. The minimum atomic E-state index is 0.0806. The van der Waals surface area contributed by atoms with Crippen LogP contribution >= 0.6 is 15.9 Å². The summed E-state index contributed by atoms with van der Waals surface area (Å²) in [5.74, 6) is 2.04. The molecule has 1 unspecified atom stereocenters. The molecular weight excluding hydrogens is 368 g/mol. The quantitative estimate of drug-likeness (QED) is 0.805. The molecule has 0 aliphatic carbocycles. The van der Waals surface area contributed by atoms with Crippen LogP contribution in [0.4, 0.5) is 11.6 Å². The van der Waals surface area contributed by atoms with Crippen LogP contribution in [0.15, 0.2) is 41.1 Å². The molecule has 0 saturated carbocycles. The Morgan fingerprint density at radius 2 is 1.67 bits per heavy atom. The van der Waals surface area contributed by atoms with Crippen molar-refractivity contribution < 1.29 is 4.74 Å². The van der Waals surface area contributed by atoms with Gasteiger partial charge in [0.1, 0.15) is 24.1 Å². The monoisotopic (exact) mass is 388 g/mol. The smallest absolute Gasteiger partial charge is 0.134 e. The van der Waals surface area contributed by atoms with Crippen LogP contribution in [-0.4, -0.2) is 42.8 Å². The fourth-order valence-electron chi connectivity index (χ4n) is 3.37. The fourth-order valence-corrected chi connectivity index (χ4v) is 3.63. The molecular formula is C18H21BrN4O. The van der Waals surface area contributed by atoms with Gasteiger partial charge in [0.2, 0.25) is 0 Å². The summed E-state index contributed by atoms with van der Waals surface area (Å²) in [6.45, 7) is 4.59. The standard InChI is InChI=1S/C18H21BrN4O/c19-15-5-3-14(4-6-15)16-12-23(9-10-24-16)18-11-17(20-13-21-18)22-7-1-2-8-22/h3-6,11,13,16H,1-2,7-10,12H2. The van der Waals surface area contributed by atoms with Crippen LogP contribution in [-0.2, 0) is 4.74 Å². The molecule has 2 saturated heterocycles. The van der Waals surface area contributed by atoms with Gasteiger partial charge >= 0.3 is 0 Å². The number of hydrogen-bond donors (Lipinski definition) is 0. The number of aromatic nitrogens is 2. The first kappa shape index (κ1) is 15.8. The Balaban J connectivity index is 1.51.